The number of fused-ring (bicyclic) bond motifs is 1. The van der Waals surface area contributed by atoms with Crippen LogP contribution in [0.5, 0.6) is 0 Å². The fraction of sp³-hybridized carbons (Fsp3) is 0.167. The largest absolute Gasteiger partial charge is 0.467 e. The van der Waals surface area contributed by atoms with Crippen molar-refractivity contribution in [3.63, 3.8) is 0 Å². The van der Waals surface area contributed by atoms with Crippen LogP contribution in [-0.2, 0) is 6.54 Å². The molecule has 0 radical (unpaired) electrons. The van der Waals surface area contributed by atoms with E-state index in [1.807, 2.05) is 0 Å². The lowest BCUT2D eigenvalue weighted by Gasteiger charge is -2.11. The minimum atomic E-state index is -0.477. The Morgan fingerprint density at radius 1 is 0.906 bits per heavy atom. The third-order valence-corrected chi connectivity index (χ3v) is 5.42. The van der Waals surface area contributed by atoms with Crippen LogP contribution >= 0.6 is 0 Å². The van der Waals surface area contributed by atoms with Crippen molar-refractivity contribution in [2.75, 3.05) is 5.32 Å². The number of anilines is 1. The number of furan rings is 1. The van der Waals surface area contributed by atoms with Crippen LogP contribution in [0, 0.1) is 0 Å². The summed E-state index contributed by atoms with van der Waals surface area (Å²) in [5.74, 6) is -1.04. The molecule has 2 heterocycles. The number of hydrogen-bond donors (Lipinski definition) is 2. The third-order valence-electron chi connectivity index (χ3n) is 5.42. The second-order valence-electron chi connectivity index (χ2n) is 7.82. The van der Waals surface area contributed by atoms with Gasteiger partial charge >= 0.3 is 0 Å². The zero-order valence-electron chi connectivity index (χ0n) is 17.0. The Labute approximate surface area is 183 Å². The molecule has 0 atom stereocenters. The van der Waals surface area contributed by atoms with E-state index in [-0.39, 0.29) is 35.2 Å². The molecule has 2 N–H and O–H groups in total. The smallest absolute Gasteiger partial charge is 0.261 e. The number of rotatable bonds is 6. The van der Waals surface area contributed by atoms with Crippen LogP contribution in [0.3, 0.4) is 0 Å². The summed E-state index contributed by atoms with van der Waals surface area (Å²) in [5, 5.41) is 5.65. The van der Waals surface area contributed by atoms with Crippen LogP contribution in [0.2, 0.25) is 0 Å². The number of carbonyl (C=O) groups is 4. The van der Waals surface area contributed by atoms with E-state index in [4.69, 9.17) is 4.42 Å². The molecule has 1 saturated carbocycles. The number of benzene rings is 2. The quantitative estimate of drug-likeness (QED) is 0.585. The molecule has 0 spiro atoms. The predicted molar refractivity (Wildman–Crippen MR) is 114 cm³/mol. The van der Waals surface area contributed by atoms with Gasteiger partial charge in [-0.1, -0.05) is 6.07 Å². The summed E-state index contributed by atoms with van der Waals surface area (Å²) < 4.78 is 5.23. The summed E-state index contributed by atoms with van der Waals surface area (Å²) in [4.78, 5) is 51.5. The number of imide groups is 1. The Kier molecular flexibility index (Phi) is 4.82. The van der Waals surface area contributed by atoms with E-state index in [0.29, 0.717) is 17.0 Å². The van der Waals surface area contributed by atoms with Gasteiger partial charge in [-0.3, -0.25) is 24.1 Å². The molecule has 1 aliphatic carbocycles. The number of nitrogens with one attached hydrogen (secondary N) is 2. The highest BCUT2D eigenvalue weighted by atomic mass is 16.3. The predicted octanol–water partition coefficient (Wildman–Crippen LogP) is 3.22. The molecule has 0 bridgehead atoms. The summed E-state index contributed by atoms with van der Waals surface area (Å²) in [6.45, 7) is 0.0244. The molecule has 1 aliphatic heterocycles. The van der Waals surface area contributed by atoms with Gasteiger partial charge < -0.3 is 15.1 Å². The van der Waals surface area contributed by atoms with E-state index in [1.54, 1.807) is 36.4 Å². The highest BCUT2D eigenvalue weighted by Crippen LogP contribution is 2.26. The molecule has 3 aromatic rings. The first-order valence-electron chi connectivity index (χ1n) is 10.2. The minimum absolute atomic E-state index is 0.0244. The van der Waals surface area contributed by atoms with E-state index in [0.717, 1.165) is 17.7 Å². The third kappa shape index (κ3) is 3.78. The van der Waals surface area contributed by atoms with Crippen molar-refractivity contribution in [2.45, 2.75) is 25.4 Å². The van der Waals surface area contributed by atoms with Gasteiger partial charge in [0.25, 0.3) is 23.6 Å². The first-order valence-corrected chi connectivity index (χ1v) is 10.2. The Morgan fingerprint density at radius 2 is 1.69 bits per heavy atom. The molecular weight excluding hydrogens is 410 g/mol. The van der Waals surface area contributed by atoms with Gasteiger partial charge in [0.15, 0.2) is 0 Å². The zero-order chi connectivity index (χ0) is 22.2. The van der Waals surface area contributed by atoms with E-state index in [2.05, 4.69) is 10.6 Å². The Balaban J connectivity index is 1.32. The van der Waals surface area contributed by atoms with E-state index < -0.39 is 17.7 Å². The summed E-state index contributed by atoms with van der Waals surface area (Å²) in [6, 6.07) is 14.6. The summed E-state index contributed by atoms with van der Waals surface area (Å²) in [5.41, 5.74) is 1.57. The molecule has 1 aromatic heterocycles. The van der Waals surface area contributed by atoms with Gasteiger partial charge in [-0.25, -0.2) is 0 Å². The topological polar surface area (TPSA) is 109 Å². The number of amides is 4. The molecule has 1 fully saturated rings. The van der Waals surface area contributed by atoms with Gasteiger partial charge in [-0.15, -0.1) is 0 Å². The zero-order valence-corrected chi connectivity index (χ0v) is 17.0. The van der Waals surface area contributed by atoms with Crippen LogP contribution in [0.25, 0.3) is 0 Å². The van der Waals surface area contributed by atoms with Crippen molar-refractivity contribution < 1.29 is 23.6 Å². The van der Waals surface area contributed by atoms with Crippen LogP contribution < -0.4 is 10.6 Å². The standard InChI is InChI=1S/C24H19N3O5/c28-21(25-16-7-8-16)14-3-1-4-17(11-14)26-22(29)15-6-9-19-20(12-15)24(31)27(23(19)30)13-18-5-2-10-32-18/h1-6,9-12,16H,7-8,13H2,(H,25,28)(H,26,29). The van der Waals surface area contributed by atoms with Gasteiger partial charge in [0.05, 0.1) is 23.9 Å². The number of nitrogens with zero attached hydrogens (tertiary/aromatic N) is 1. The molecule has 8 nitrogen and oxygen atoms in total. The summed E-state index contributed by atoms with van der Waals surface area (Å²) in [7, 11) is 0. The Morgan fingerprint density at radius 3 is 2.44 bits per heavy atom. The monoisotopic (exact) mass is 429 g/mol. The average Bonchev–Trinajstić information content (AvgIpc) is 3.40. The number of carbonyl (C=O) groups excluding carboxylic acids is 4. The molecule has 160 valence electrons. The van der Waals surface area contributed by atoms with Crippen molar-refractivity contribution in [1.29, 1.82) is 0 Å². The first kappa shape index (κ1) is 19.7. The van der Waals surface area contributed by atoms with Crippen molar-refractivity contribution in [1.82, 2.24) is 10.2 Å². The first-order chi connectivity index (χ1) is 15.5. The van der Waals surface area contributed by atoms with Crippen LogP contribution in [0.4, 0.5) is 5.69 Å². The molecule has 4 amide bonds. The van der Waals surface area contributed by atoms with E-state index >= 15 is 0 Å². The molecule has 2 aliphatic rings. The Hall–Kier alpha value is -4.20. The minimum Gasteiger partial charge on any atom is -0.467 e. The maximum Gasteiger partial charge on any atom is 0.261 e. The molecule has 32 heavy (non-hydrogen) atoms. The summed E-state index contributed by atoms with van der Waals surface area (Å²) in [6.07, 6.45) is 3.45. The lowest BCUT2D eigenvalue weighted by atomic mass is 10.1. The molecule has 0 unspecified atom stereocenters. The molecule has 0 saturated heterocycles. The highest BCUT2D eigenvalue weighted by Gasteiger charge is 2.36. The average molecular weight is 429 g/mol. The van der Waals surface area contributed by atoms with E-state index in [9.17, 15) is 19.2 Å². The maximum atomic E-state index is 12.8. The van der Waals surface area contributed by atoms with Crippen molar-refractivity contribution in [3.05, 3.63) is 88.9 Å². The fourth-order valence-corrected chi connectivity index (χ4v) is 3.57. The SMILES string of the molecule is O=C(Nc1cccc(C(=O)NC2CC2)c1)c1ccc2c(c1)C(=O)N(Cc1ccco1)C2=O. The number of hydrogen-bond acceptors (Lipinski definition) is 5. The van der Waals surface area contributed by atoms with E-state index in [1.165, 1.54) is 24.5 Å². The highest BCUT2D eigenvalue weighted by molar-refractivity contribution is 6.22. The molecular formula is C24H19N3O5. The van der Waals surface area contributed by atoms with Gasteiger partial charge in [-0.2, -0.15) is 0 Å². The normalized spacial score (nSPS) is 14.9. The lowest BCUT2D eigenvalue weighted by molar-refractivity contribution is 0.0631. The van der Waals surface area contributed by atoms with Crippen molar-refractivity contribution in [3.8, 4) is 0 Å². The van der Waals surface area contributed by atoms with Crippen molar-refractivity contribution >= 4 is 29.3 Å². The lowest BCUT2D eigenvalue weighted by Crippen LogP contribution is -2.28. The van der Waals surface area contributed by atoms with Crippen LogP contribution in [0.15, 0.2) is 65.3 Å². The van der Waals surface area contributed by atoms with Gasteiger partial charge in [0, 0.05) is 22.9 Å². The molecule has 8 heteroatoms. The fourth-order valence-electron chi connectivity index (χ4n) is 3.57. The van der Waals surface area contributed by atoms with Gasteiger partial charge in [0.1, 0.15) is 5.76 Å². The van der Waals surface area contributed by atoms with Crippen LogP contribution in [0.1, 0.15) is 60.0 Å². The Bertz CT molecular complexity index is 1240. The van der Waals surface area contributed by atoms with Gasteiger partial charge in [-0.05, 0) is 61.4 Å². The molecule has 5 rings (SSSR count). The maximum absolute atomic E-state index is 12.8. The summed E-state index contributed by atoms with van der Waals surface area (Å²) >= 11 is 0. The van der Waals surface area contributed by atoms with Crippen molar-refractivity contribution in [2.24, 2.45) is 0 Å². The van der Waals surface area contributed by atoms with Gasteiger partial charge in [0.2, 0.25) is 0 Å². The second-order valence-corrected chi connectivity index (χ2v) is 7.82. The second kappa shape index (κ2) is 7.81. The van der Waals surface area contributed by atoms with Crippen LogP contribution in [-0.4, -0.2) is 34.6 Å². The molecule has 2 aromatic carbocycles.